The van der Waals surface area contributed by atoms with E-state index in [4.69, 9.17) is 11.6 Å². The Morgan fingerprint density at radius 2 is 1.56 bits per heavy atom. The van der Waals surface area contributed by atoms with Crippen molar-refractivity contribution in [1.29, 1.82) is 0 Å². The fourth-order valence-corrected chi connectivity index (χ4v) is 2.08. The van der Waals surface area contributed by atoms with E-state index >= 15 is 0 Å². The van der Waals surface area contributed by atoms with Crippen LogP contribution in [0.4, 0.5) is 10.5 Å². The Morgan fingerprint density at radius 1 is 1.06 bits per heavy atom. The summed E-state index contributed by atoms with van der Waals surface area (Å²) in [5.74, 6) is 0.807. The van der Waals surface area contributed by atoms with Crippen LogP contribution >= 0.6 is 11.6 Å². The molecule has 0 aliphatic heterocycles. The lowest BCUT2D eigenvalue weighted by molar-refractivity contribution is 0.236. The lowest BCUT2D eigenvalue weighted by atomic mass is 9.93. The molecule has 3 nitrogen and oxygen atoms in total. The van der Waals surface area contributed by atoms with Gasteiger partial charge in [0.05, 0.1) is 0 Å². The van der Waals surface area contributed by atoms with Gasteiger partial charge in [0, 0.05) is 16.8 Å². The lowest BCUT2D eigenvalue weighted by Crippen LogP contribution is -2.44. The molecule has 1 aromatic carbocycles. The molecule has 1 rings (SSSR count). The molecule has 0 unspecified atom stereocenters. The van der Waals surface area contributed by atoms with Crippen LogP contribution in [0.2, 0.25) is 5.02 Å². The van der Waals surface area contributed by atoms with Gasteiger partial charge < -0.3 is 10.6 Å². The van der Waals surface area contributed by atoms with E-state index in [1.54, 1.807) is 24.3 Å². The number of urea groups is 1. The van der Waals surface area contributed by atoms with E-state index in [9.17, 15) is 4.79 Å². The van der Waals surface area contributed by atoms with Gasteiger partial charge >= 0.3 is 6.03 Å². The molecule has 0 aliphatic rings. The van der Waals surface area contributed by atoms with Gasteiger partial charge in [-0.3, -0.25) is 0 Å². The van der Waals surface area contributed by atoms with Crippen LogP contribution in [0.3, 0.4) is 0 Å². The summed E-state index contributed by atoms with van der Waals surface area (Å²) in [5, 5.41) is 6.45. The van der Waals surface area contributed by atoms with Crippen LogP contribution < -0.4 is 10.6 Å². The third-order valence-corrected chi connectivity index (χ3v) is 3.09. The molecular formula is C14H21ClN2O. The number of hydrogen-bond donors (Lipinski definition) is 2. The third kappa shape index (κ3) is 4.57. The van der Waals surface area contributed by atoms with Crippen LogP contribution in [0.15, 0.2) is 24.3 Å². The molecule has 0 aromatic heterocycles. The number of carbonyl (C=O) groups is 1. The second-order valence-electron chi connectivity index (χ2n) is 5.12. The molecule has 4 heteroatoms. The highest BCUT2D eigenvalue weighted by molar-refractivity contribution is 6.30. The number of rotatable bonds is 4. The highest BCUT2D eigenvalue weighted by Gasteiger charge is 2.19. The molecule has 100 valence electrons. The van der Waals surface area contributed by atoms with Gasteiger partial charge in [0.25, 0.3) is 0 Å². The van der Waals surface area contributed by atoms with Crippen molar-refractivity contribution in [3.05, 3.63) is 29.3 Å². The second kappa shape index (κ2) is 6.64. The second-order valence-corrected chi connectivity index (χ2v) is 5.56. The van der Waals surface area contributed by atoms with Gasteiger partial charge in [0.1, 0.15) is 0 Å². The number of benzene rings is 1. The molecule has 0 bridgehead atoms. The van der Waals surface area contributed by atoms with Gasteiger partial charge in [-0.1, -0.05) is 39.3 Å². The average molecular weight is 269 g/mol. The predicted molar refractivity (Wildman–Crippen MR) is 77.1 cm³/mol. The summed E-state index contributed by atoms with van der Waals surface area (Å²) in [4.78, 5) is 11.9. The molecule has 2 N–H and O–H groups in total. The minimum Gasteiger partial charge on any atom is -0.335 e. The van der Waals surface area contributed by atoms with Crippen molar-refractivity contribution in [2.45, 2.75) is 33.7 Å². The minimum atomic E-state index is -0.176. The largest absolute Gasteiger partial charge is 0.335 e. The van der Waals surface area contributed by atoms with Gasteiger partial charge in [0.15, 0.2) is 0 Å². The van der Waals surface area contributed by atoms with Gasteiger partial charge in [-0.15, -0.1) is 0 Å². The van der Waals surface area contributed by atoms with Crippen LogP contribution in [0.1, 0.15) is 27.7 Å². The molecule has 0 saturated carbocycles. The van der Waals surface area contributed by atoms with E-state index in [1.165, 1.54) is 0 Å². The van der Waals surface area contributed by atoms with Crippen LogP contribution in [0.25, 0.3) is 0 Å². The Balaban J connectivity index is 2.58. The zero-order chi connectivity index (χ0) is 13.7. The highest BCUT2D eigenvalue weighted by Crippen LogP contribution is 2.15. The molecular weight excluding hydrogens is 248 g/mol. The first-order chi connectivity index (χ1) is 8.40. The summed E-state index contributed by atoms with van der Waals surface area (Å²) >= 11 is 5.79. The third-order valence-electron chi connectivity index (χ3n) is 2.84. The maximum Gasteiger partial charge on any atom is 0.319 e. The molecule has 0 aliphatic carbocycles. The summed E-state index contributed by atoms with van der Waals surface area (Å²) in [7, 11) is 0. The Kier molecular flexibility index (Phi) is 5.48. The number of carbonyl (C=O) groups excluding carboxylic acids is 1. The van der Waals surface area contributed by atoms with Crippen LogP contribution in [0.5, 0.6) is 0 Å². The van der Waals surface area contributed by atoms with Gasteiger partial charge in [-0.05, 0) is 36.1 Å². The highest BCUT2D eigenvalue weighted by atomic mass is 35.5. The fraction of sp³-hybridized carbons (Fsp3) is 0.500. The monoisotopic (exact) mass is 268 g/mol. The Bertz CT molecular complexity index is 379. The Morgan fingerprint density at radius 3 is 2.00 bits per heavy atom. The number of nitrogens with one attached hydrogen (secondary N) is 2. The number of halogens is 1. The molecule has 2 amide bonds. The minimum absolute atomic E-state index is 0.164. The summed E-state index contributed by atoms with van der Waals surface area (Å²) in [6.07, 6.45) is 0. The van der Waals surface area contributed by atoms with E-state index in [0.717, 1.165) is 5.69 Å². The van der Waals surface area contributed by atoms with Crippen molar-refractivity contribution in [3.8, 4) is 0 Å². The van der Waals surface area contributed by atoms with Crippen molar-refractivity contribution in [3.63, 3.8) is 0 Å². The first-order valence-electron chi connectivity index (χ1n) is 6.23. The Hall–Kier alpha value is -1.22. The van der Waals surface area contributed by atoms with Crippen molar-refractivity contribution in [2.75, 3.05) is 5.32 Å². The Labute approximate surface area is 114 Å². The zero-order valence-corrected chi connectivity index (χ0v) is 12.1. The van der Waals surface area contributed by atoms with Crippen molar-refractivity contribution >= 4 is 23.3 Å². The molecule has 0 radical (unpaired) electrons. The van der Waals surface area contributed by atoms with E-state index in [1.807, 2.05) is 0 Å². The summed E-state index contributed by atoms with van der Waals surface area (Å²) in [6.45, 7) is 8.42. The molecule has 0 fully saturated rings. The molecule has 1 aromatic rings. The zero-order valence-electron chi connectivity index (χ0n) is 11.3. The summed E-state index contributed by atoms with van der Waals surface area (Å²) in [6, 6.07) is 7.05. The van der Waals surface area contributed by atoms with Gasteiger partial charge in [-0.25, -0.2) is 4.79 Å². The lowest BCUT2D eigenvalue weighted by Gasteiger charge is -2.26. The van der Waals surface area contributed by atoms with Gasteiger partial charge in [0.2, 0.25) is 0 Å². The van der Waals surface area contributed by atoms with Crippen LogP contribution in [0, 0.1) is 11.8 Å². The average Bonchev–Trinajstić information content (AvgIpc) is 2.28. The first-order valence-corrected chi connectivity index (χ1v) is 6.61. The van der Waals surface area contributed by atoms with Crippen LogP contribution in [-0.4, -0.2) is 12.1 Å². The molecule has 0 saturated heterocycles. The maximum absolute atomic E-state index is 11.9. The first kappa shape index (κ1) is 14.8. The maximum atomic E-state index is 11.9. The SMILES string of the molecule is CC(C)C(NC(=O)Nc1ccc(Cl)cc1)C(C)C. The molecule has 0 heterocycles. The number of hydrogen-bond acceptors (Lipinski definition) is 1. The smallest absolute Gasteiger partial charge is 0.319 e. The summed E-state index contributed by atoms with van der Waals surface area (Å²) in [5.41, 5.74) is 0.739. The normalized spacial score (nSPS) is 11.1. The molecule has 0 atom stereocenters. The number of anilines is 1. The van der Waals surface area contributed by atoms with E-state index in [-0.39, 0.29) is 12.1 Å². The van der Waals surface area contributed by atoms with Crippen molar-refractivity contribution < 1.29 is 4.79 Å². The topological polar surface area (TPSA) is 41.1 Å². The quantitative estimate of drug-likeness (QED) is 0.847. The predicted octanol–water partition coefficient (Wildman–Crippen LogP) is 4.14. The van der Waals surface area contributed by atoms with E-state index in [0.29, 0.717) is 16.9 Å². The number of amides is 2. The van der Waals surface area contributed by atoms with E-state index in [2.05, 4.69) is 38.3 Å². The molecule has 0 spiro atoms. The van der Waals surface area contributed by atoms with Gasteiger partial charge in [-0.2, -0.15) is 0 Å². The standard InChI is InChI=1S/C14H21ClN2O/c1-9(2)13(10(3)4)17-14(18)16-12-7-5-11(15)6-8-12/h5-10,13H,1-4H3,(H2,16,17,18). The van der Waals surface area contributed by atoms with E-state index < -0.39 is 0 Å². The molecule has 18 heavy (non-hydrogen) atoms. The fourth-order valence-electron chi connectivity index (χ4n) is 1.95. The van der Waals surface area contributed by atoms with Crippen LogP contribution in [-0.2, 0) is 0 Å². The van der Waals surface area contributed by atoms with Crippen molar-refractivity contribution in [1.82, 2.24) is 5.32 Å². The summed E-state index contributed by atoms with van der Waals surface area (Å²) < 4.78 is 0. The van der Waals surface area contributed by atoms with Crippen molar-refractivity contribution in [2.24, 2.45) is 11.8 Å².